The van der Waals surface area contributed by atoms with Gasteiger partial charge in [0, 0.05) is 5.69 Å². The molecule has 0 bridgehead atoms. The molecule has 0 aliphatic carbocycles. The van der Waals surface area contributed by atoms with Crippen LogP contribution in [0, 0.1) is 25.2 Å². The lowest BCUT2D eigenvalue weighted by Gasteiger charge is -2.10. The van der Waals surface area contributed by atoms with E-state index in [4.69, 9.17) is 21.1 Å². The van der Waals surface area contributed by atoms with Crippen LogP contribution in [0.15, 0.2) is 96.6 Å². The predicted molar refractivity (Wildman–Crippen MR) is 151 cm³/mol. The van der Waals surface area contributed by atoms with E-state index in [0.29, 0.717) is 41.0 Å². The van der Waals surface area contributed by atoms with Crippen molar-refractivity contribution in [2.24, 2.45) is 0 Å². The van der Waals surface area contributed by atoms with Gasteiger partial charge in [-0.3, -0.25) is 4.79 Å². The maximum absolute atomic E-state index is 12.7. The molecule has 0 aliphatic heterocycles. The normalized spacial score (nSPS) is 10.9. The van der Waals surface area contributed by atoms with E-state index in [2.05, 4.69) is 5.32 Å². The van der Waals surface area contributed by atoms with Crippen LogP contribution < -0.4 is 14.8 Å². The maximum atomic E-state index is 12.7. The van der Waals surface area contributed by atoms with Crippen molar-refractivity contribution in [1.29, 1.82) is 5.26 Å². The summed E-state index contributed by atoms with van der Waals surface area (Å²) in [7, 11) is 0. The summed E-state index contributed by atoms with van der Waals surface area (Å²) < 4.78 is 11.6. The lowest BCUT2D eigenvalue weighted by molar-refractivity contribution is -0.112. The second-order valence-electron chi connectivity index (χ2n) is 8.89. The third-order valence-corrected chi connectivity index (χ3v) is 6.08. The molecule has 5 nitrogen and oxygen atoms in total. The Hall–Kier alpha value is -4.53. The highest BCUT2D eigenvalue weighted by Gasteiger charge is 2.11. The largest absolute Gasteiger partial charge is 0.489 e. The van der Waals surface area contributed by atoms with Crippen LogP contribution in [0.1, 0.15) is 27.8 Å². The second-order valence-corrected chi connectivity index (χ2v) is 9.29. The molecular weight excluding hydrogens is 496 g/mol. The Labute approximate surface area is 227 Å². The Morgan fingerprint density at radius 2 is 1.42 bits per heavy atom. The Bertz CT molecular complexity index is 1470. The number of nitrogens with zero attached hydrogens (tertiary/aromatic N) is 1. The van der Waals surface area contributed by atoms with Crippen LogP contribution in [0.5, 0.6) is 11.5 Å². The molecule has 190 valence electrons. The molecule has 0 unspecified atom stereocenters. The zero-order valence-electron chi connectivity index (χ0n) is 21.2. The molecule has 0 aromatic heterocycles. The highest BCUT2D eigenvalue weighted by molar-refractivity contribution is 6.32. The van der Waals surface area contributed by atoms with E-state index >= 15 is 0 Å². The zero-order chi connectivity index (χ0) is 26.9. The topological polar surface area (TPSA) is 71.3 Å². The van der Waals surface area contributed by atoms with Gasteiger partial charge in [0.25, 0.3) is 5.91 Å². The van der Waals surface area contributed by atoms with E-state index in [0.717, 1.165) is 11.1 Å². The van der Waals surface area contributed by atoms with Gasteiger partial charge < -0.3 is 14.8 Å². The fraction of sp³-hybridized carbons (Fsp3) is 0.125. The summed E-state index contributed by atoms with van der Waals surface area (Å²) in [5.41, 5.74) is 5.60. The number of hydrogen-bond acceptors (Lipinski definition) is 4. The number of amides is 1. The molecule has 0 radical (unpaired) electrons. The van der Waals surface area contributed by atoms with Gasteiger partial charge in [0.05, 0.1) is 5.02 Å². The molecule has 0 aliphatic rings. The van der Waals surface area contributed by atoms with Crippen LogP contribution in [0.25, 0.3) is 6.08 Å². The van der Waals surface area contributed by atoms with Gasteiger partial charge in [0.2, 0.25) is 0 Å². The third kappa shape index (κ3) is 7.49. The fourth-order valence-electron chi connectivity index (χ4n) is 3.57. The Morgan fingerprint density at radius 1 is 0.842 bits per heavy atom. The number of aryl methyl sites for hydroxylation is 2. The second kappa shape index (κ2) is 12.6. The lowest BCUT2D eigenvalue weighted by atomic mass is 10.1. The van der Waals surface area contributed by atoms with Crippen molar-refractivity contribution in [2.75, 3.05) is 5.32 Å². The Morgan fingerprint density at radius 3 is 1.97 bits per heavy atom. The maximum Gasteiger partial charge on any atom is 0.266 e. The summed E-state index contributed by atoms with van der Waals surface area (Å²) in [5, 5.41) is 12.7. The zero-order valence-corrected chi connectivity index (χ0v) is 22.0. The molecule has 6 heteroatoms. The predicted octanol–water partition coefficient (Wildman–Crippen LogP) is 7.66. The lowest BCUT2D eigenvalue weighted by Crippen LogP contribution is -2.13. The monoisotopic (exact) mass is 522 g/mol. The van der Waals surface area contributed by atoms with Crippen LogP contribution in [0.4, 0.5) is 5.69 Å². The summed E-state index contributed by atoms with van der Waals surface area (Å²) in [5.74, 6) is 0.688. The van der Waals surface area contributed by atoms with Crippen LogP contribution in [0.3, 0.4) is 0 Å². The molecular formula is C32H27ClN2O3. The average Bonchev–Trinajstić information content (AvgIpc) is 2.92. The van der Waals surface area contributed by atoms with Crippen molar-refractivity contribution in [2.45, 2.75) is 27.1 Å². The number of nitrogens with one attached hydrogen (secondary N) is 1. The van der Waals surface area contributed by atoms with Crippen LogP contribution >= 0.6 is 11.6 Å². The first-order valence-electron chi connectivity index (χ1n) is 12.1. The quantitative estimate of drug-likeness (QED) is 0.181. The molecule has 1 N–H and O–H groups in total. The first-order valence-corrected chi connectivity index (χ1v) is 12.5. The summed E-state index contributed by atoms with van der Waals surface area (Å²) in [6.07, 6.45) is 1.49. The first-order chi connectivity index (χ1) is 18.4. The van der Waals surface area contributed by atoms with Crippen molar-refractivity contribution in [3.63, 3.8) is 0 Å². The van der Waals surface area contributed by atoms with E-state index in [-0.39, 0.29) is 5.57 Å². The van der Waals surface area contributed by atoms with Gasteiger partial charge in [-0.1, -0.05) is 77.3 Å². The molecule has 0 heterocycles. The van der Waals surface area contributed by atoms with Crippen molar-refractivity contribution in [3.05, 3.63) is 129 Å². The van der Waals surface area contributed by atoms with Crippen molar-refractivity contribution in [3.8, 4) is 17.6 Å². The SMILES string of the molecule is Cc1ccc(COc2ccc(NC(=O)/C(C#N)=C/c3ccc(OCc4ccc(C)cc4)c(Cl)c3)cc2)cc1. The molecule has 1 amide bonds. The highest BCUT2D eigenvalue weighted by Crippen LogP contribution is 2.27. The van der Waals surface area contributed by atoms with Gasteiger partial charge in [0.1, 0.15) is 36.4 Å². The summed E-state index contributed by atoms with van der Waals surface area (Å²) >= 11 is 6.39. The Kier molecular flexibility index (Phi) is 8.81. The van der Waals surface area contributed by atoms with Gasteiger partial charge >= 0.3 is 0 Å². The number of carbonyl (C=O) groups is 1. The number of nitriles is 1. The first kappa shape index (κ1) is 26.5. The van der Waals surface area contributed by atoms with Crippen LogP contribution in [-0.2, 0) is 18.0 Å². The van der Waals surface area contributed by atoms with Crippen molar-refractivity contribution in [1.82, 2.24) is 0 Å². The van der Waals surface area contributed by atoms with Crippen molar-refractivity contribution >= 4 is 29.3 Å². The van der Waals surface area contributed by atoms with E-state index in [1.165, 1.54) is 17.2 Å². The molecule has 4 rings (SSSR count). The third-order valence-electron chi connectivity index (χ3n) is 5.79. The Balaban J connectivity index is 1.34. The number of ether oxygens (including phenoxy) is 2. The molecule has 38 heavy (non-hydrogen) atoms. The molecule has 4 aromatic carbocycles. The number of rotatable bonds is 9. The van der Waals surface area contributed by atoms with Gasteiger partial charge in [-0.25, -0.2) is 0 Å². The van der Waals surface area contributed by atoms with E-state index < -0.39 is 5.91 Å². The van der Waals surface area contributed by atoms with E-state index in [1.807, 2.05) is 68.4 Å². The summed E-state index contributed by atoms with van der Waals surface area (Å²) in [6, 6.07) is 30.3. The smallest absolute Gasteiger partial charge is 0.266 e. The molecule has 0 saturated carbocycles. The van der Waals surface area contributed by atoms with Gasteiger partial charge in [-0.15, -0.1) is 0 Å². The number of anilines is 1. The van der Waals surface area contributed by atoms with Gasteiger partial charge in [-0.05, 0) is 73.0 Å². The molecule has 0 spiro atoms. The highest BCUT2D eigenvalue weighted by atomic mass is 35.5. The van der Waals surface area contributed by atoms with Crippen LogP contribution in [-0.4, -0.2) is 5.91 Å². The summed E-state index contributed by atoms with van der Waals surface area (Å²) in [6.45, 7) is 4.91. The standard InChI is InChI=1S/C32H27ClN2O3/c1-22-3-7-24(8-4-22)20-37-29-14-12-28(13-15-29)35-32(36)27(19-34)17-26-11-16-31(30(33)18-26)38-21-25-9-5-23(2)6-10-25/h3-18H,20-21H2,1-2H3,(H,35,36)/b27-17+. The minimum atomic E-state index is -0.517. The molecule has 0 fully saturated rings. The van der Waals surface area contributed by atoms with Gasteiger partial charge in [-0.2, -0.15) is 5.26 Å². The number of hydrogen-bond donors (Lipinski definition) is 1. The van der Waals surface area contributed by atoms with Crippen molar-refractivity contribution < 1.29 is 14.3 Å². The van der Waals surface area contributed by atoms with Crippen LogP contribution in [0.2, 0.25) is 5.02 Å². The minimum Gasteiger partial charge on any atom is -0.489 e. The van der Waals surface area contributed by atoms with E-state index in [1.54, 1.807) is 42.5 Å². The molecule has 4 aromatic rings. The number of halogens is 1. The molecule has 0 atom stereocenters. The summed E-state index contributed by atoms with van der Waals surface area (Å²) in [4.78, 5) is 12.7. The number of benzene rings is 4. The minimum absolute atomic E-state index is 0.0471. The van der Waals surface area contributed by atoms with Gasteiger partial charge in [0.15, 0.2) is 0 Å². The number of carbonyl (C=O) groups excluding carboxylic acids is 1. The van der Waals surface area contributed by atoms with E-state index in [9.17, 15) is 10.1 Å². The molecule has 0 saturated heterocycles. The average molecular weight is 523 g/mol. The fourth-order valence-corrected chi connectivity index (χ4v) is 3.81.